The van der Waals surface area contributed by atoms with Gasteiger partial charge in [0.05, 0.1) is 13.2 Å². The molecule has 2 unspecified atom stereocenters. The molecule has 0 saturated heterocycles. The van der Waals surface area contributed by atoms with Crippen molar-refractivity contribution in [2.75, 3.05) is 18.5 Å². The van der Waals surface area contributed by atoms with E-state index < -0.39 is 17.4 Å². The second-order valence-electron chi connectivity index (χ2n) is 6.11. The number of halogens is 1. The molecule has 7 heteroatoms. The van der Waals surface area contributed by atoms with Gasteiger partial charge in [-0.2, -0.15) is 0 Å². The van der Waals surface area contributed by atoms with Gasteiger partial charge in [-0.15, -0.1) is 0 Å². The number of nitrogens with one attached hydrogen (secondary N) is 1. The Morgan fingerprint density at radius 2 is 1.89 bits per heavy atom. The van der Waals surface area contributed by atoms with Crippen LogP contribution in [0.4, 0.5) is 5.69 Å². The summed E-state index contributed by atoms with van der Waals surface area (Å²) in [5, 5.41) is 3.20. The van der Waals surface area contributed by atoms with Crippen molar-refractivity contribution in [1.82, 2.24) is 0 Å². The summed E-state index contributed by atoms with van der Waals surface area (Å²) in [5.41, 5.74) is -0.368. The minimum Gasteiger partial charge on any atom is -0.485 e. The molecular weight excluding hydrogens is 461 g/mol. The summed E-state index contributed by atoms with van der Waals surface area (Å²) < 4.78 is 11.8. The third kappa shape index (κ3) is 4.43. The fraction of sp³-hybridized carbons (Fsp3) is 0.450. The summed E-state index contributed by atoms with van der Waals surface area (Å²) in [5.74, 6) is 3.11. The number of anilines is 1. The average Bonchev–Trinajstić information content (AvgIpc) is 3.11. The van der Waals surface area contributed by atoms with Gasteiger partial charge in [0.15, 0.2) is 5.94 Å². The molecule has 0 aliphatic heterocycles. The molecule has 2 rings (SSSR count). The van der Waals surface area contributed by atoms with Crippen LogP contribution < -0.4 is 5.32 Å². The van der Waals surface area contributed by atoms with Gasteiger partial charge in [0, 0.05) is 14.8 Å². The van der Waals surface area contributed by atoms with Gasteiger partial charge in [-0.25, -0.2) is 9.59 Å². The van der Waals surface area contributed by atoms with E-state index >= 15 is 0 Å². The highest BCUT2D eigenvalue weighted by molar-refractivity contribution is 14.1. The predicted octanol–water partition coefficient (Wildman–Crippen LogP) is 3.32. The van der Waals surface area contributed by atoms with Crippen LogP contribution in [0, 0.1) is 8.99 Å². The molecule has 0 heterocycles. The fourth-order valence-electron chi connectivity index (χ4n) is 3.43. The van der Waals surface area contributed by atoms with Crippen molar-refractivity contribution < 1.29 is 23.9 Å². The number of rotatable bonds is 8. The summed E-state index contributed by atoms with van der Waals surface area (Å²) in [7, 11) is 0. The third-order valence-electron chi connectivity index (χ3n) is 4.61. The Morgan fingerprint density at radius 3 is 2.44 bits per heavy atom. The van der Waals surface area contributed by atoms with Crippen LogP contribution in [-0.2, 0) is 23.9 Å². The van der Waals surface area contributed by atoms with Crippen LogP contribution in [0.5, 0.6) is 0 Å². The van der Waals surface area contributed by atoms with Gasteiger partial charge in [-0.05, 0) is 80.0 Å². The van der Waals surface area contributed by atoms with E-state index in [2.05, 4.69) is 27.9 Å². The minimum atomic E-state index is -1.34. The number of hydrogen-bond donors (Lipinski definition) is 1. The summed E-state index contributed by atoms with van der Waals surface area (Å²) in [6.45, 7) is 3.83. The van der Waals surface area contributed by atoms with E-state index in [1.54, 1.807) is 13.8 Å². The van der Waals surface area contributed by atoms with Crippen LogP contribution in [0.3, 0.4) is 0 Å². The van der Waals surface area contributed by atoms with Gasteiger partial charge in [-0.1, -0.05) is 0 Å². The molecule has 27 heavy (non-hydrogen) atoms. The number of benzene rings is 1. The first-order chi connectivity index (χ1) is 13.0. The lowest BCUT2D eigenvalue weighted by atomic mass is 9.74. The lowest BCUT2D eigenvalue weighted by molar-refractivity contribution is -0.153. The second kappa shape index (κ2) is 9.74. The van der Waals surface area contributed by atoms with Crippen LogP contribution in [0.2, 0.25) is 0 Å². The number of esters is 1. The monoisotopic (exact) mass is 483 g/mol. The number of hydrogen-bond acceptors (Lipinski definition) is 6. The number of carbonyl (C=O) groups excluding carboxylic acids is 3. The highest BCUT2D eigenvalue weighted by Crippen LogP contribution is 2.48. The lowest BCUT2D eigenvalue weighted by Gasteiger charge is -2.36. The second-order valence-corrected chi connectivity index (χ2v) is 7.36. The maximum Gasteiger partial charge on any atom is 0.319 e. The van der Waals surface area contributed by atoms with E-state index in [0.29, 0.717) is 24.9 Å². The van der Waals surface area contributed by atoms with Gasteiger partial charge in [0.1, 0.15) is 17.4 Å². The molecule has 1 aromatic rings. The van der Waals surface area contributed by atoms with Crippen molar-refractivity contribution in [1.29, 1.82) is 0 Å². The van der Waals surface area contributed by atoms with E-state index in [-0.39, 0.29) is 24.5 Å². The number of carbonyl (C=O) groups is 1. The van der Waals surface area contributed by atoms with Crippen molar-refractivity contribution in [3.8, 4) is 0 Å². The average molecular weight is 483 g/mol. The van der Waals surface area contributed by atoms with Crippen molar-refractivity contribution in [3.05, 3.63) is 39.2 Å². The van der Waals surface area contributed by atoms with Gasteiger partial charge in [-0.3, -0.25) is 4.79 Å². The SMILES string of the molecule is CCOC(=O)C1(C(Nc2ccc(I)cc2)C(=C=O)OCC)CCCC1=C=O. The molecule has 1 aromatic carbocycles. The minimum absolute atomic E-state index is 0.0567. The van der Waals surface area contributed by atoms with E-state index in [1.807, 2.05) is 36.1 Å². The topological polar surface area (TPSA) is 81.7 Å². The first-order valence-corrected chi connectivity index (χ1v) is 9.92. The Kier molecular flexibility index (Phi) is 7.66. The molecule has 1 aliphatic carbocycles. The van der Waals surface area contributed by atoms with Crippen molar-refractivity contribution >= 4 is 46.1 Å². The molecule has 0 radical (unpaired) electrons. The van der Waals surface area contributed by atoms with Crippen molar-refractivity contribution in [2.24, 2.45) is 5.41 Å². The Morgan fingerprint density at radius 1 is 1.22 bits per heavy atom. The molecule has 1 saturated carbocycles. The van der Waals surface area contributed by atoms with Gasteiger partial charge >= 0.3 is 5.97 Å². The Hall–Kier alpha value is -2.08. The molecule has 1 N–H and O–H groups in total. The maximum atomic E-state index is 13.0. The smallest absolute Gasteiger partial charge is 0.319 e. The van der Waals surface area contributed by atoms with E-state index in [9.17, 15) is 14.4 Å². The van der Waals surface area contributed by atoms with Crippen LogP contribution >= 0.6 is 22.6 Å². The number of ether oxygens (including phenoxy) is 2. The van der Waals surface area contributed by atoms with Crippen LogP contribution in [0.25, 0.3) is 0 Å². The van der Waals surface area contributed by atoms with E-state index in [1.165, 1.54) is 0 Å². The Balaban J connectivity index is 2.59. The van der Waals surface area contributed by atoms with E-state index in [4.69, 9.17) is 9.47 Å². The van der Waals surface area contributed by atoms with Gasteiger partial charge in [0.2, 0.25) is 5.76 Å². The summed E-state index contributed by atoms with van der Waals surface area (Å²) in [6, 6.07) is 6.55. The van der Waals surface area contributed by atoms with E-state index in [0.717, 1.165) is 3.57 Å². The molecular formula is C20H22INO5. The quantitative estimate of drug-likeness (QED) is 0.265. The molecule has 6 nitrogen and oxygen atoms in total. The zero-order valence-corrected chi connectivity index (χ0v) is 17.5. The van der Waals surface area contributed by atoms with Crippen molar-refractivity contribution in [3.63, 3.8) is 0 Å². The Labute approximate surface area is 172 Å². The highest BCUT2D eigenvalue weighted by atomic mass is 127. The molecule has 1 aliphatic rings. The summed E-state index contributed by atoms with van der Waals surface area (Å²) in [6.07, 6.45) is 1.40. The molecule has 0 spiro atoms. The standard InChI is InChI=1S/C20H22INO5/c1-3-26-17(13-24)18(22-16-9-7-15(21)8-10-16)20(19(25)27-4-2)11-5-6-14(20)12-23/h7-10,18,22H,3-6,11H2,1-2H3. The molecule has 0 aromatic heterocycles. The van der Waals surface area contributed by atoms with Crippen LogP contribution in [-0.4, -0.2) is 37.1 Å². The molecule has 1 fully saturated rings. The van der Waals surface area contributed by atoms with Crippen LogP contribution in [0.15, 0.2) is 35.6 Å². The first kappa shape index (κ1) is 21.2. The maximum absolute atomic E-state index is 13.0. The van der Waals surface area contributed by atoms with Gasteiger partial charge in [0.25, 0.3) is 0 Å². The molecule has 2 atom stereocenters. The fourth-order valence-corrected chi connectivity index (χ4v) is 3.79. The predicted molar refractivity (Wildman–Crippen MR) is 110 cm³/mol. The Bertz CT molecular complexity index is 778. The van der Waals surface area contributed by atoms with Gasteiger partial charge < -0.3 is 14.8 Å². The summed E-state index contributed by atoms with van der Waals surface area (Å²) >= 11 is 2.19. The van der Waals surface area contributed by atoms with Crippen LogP contribution in [0.1, 0.15) is 33.1 Å². The normalized spacial score (nSPS) is 19.6. The third-order valence-corrected chi connectivity index (χ3v) is 5.33. The van der Waals surface area contributed by atoms with Crippen molar-refractivity contribution in [2.45, 2.75) is 39.2 Å². The lowest BCUT2D eigenvalue weighted by Crippen LogP contribution is -2.49. The zero-order chi connectivity index (χ0) is 19.9. The largest absolute Gasteiger partial charge is 0.485 e. The summed E-state index contributed by atoms with van der Waals surface area (Å²) in [4.78, 5) is 36.3. The molecule has 144 valence electrons. The molecule has 0 amide bonds. The molecule has 0 bridgehead atoms. The zero-order valence-electron chi connectivity index (χ0n) is 15.3. The first-order valence-electron chi connectivity index (χ1n) is 8.85. The highest BCUT2D eigenvalue weighted by Gasteiger charge is 2.56.